The molecule has 128 valence electrons. The number of pyridine rings is 1. The number of nitrogens with one attached hydrogen (secondary N) is 1. The molecule has 0 bridgehead atoms. The first kappa shape index (κ1) is 15.6. The molecule has 24 heavy (non-hydrogen) atoms. The molecule has 3 aliphatic rings. The number of allylic oxidation sites excluding steroid dienone is 2. The van der Waals surface area contributed by atoms with Crippen LogP contribution in [0.4, 0.5) is 5.82 Å². The van der Waals surface area contributed by atoms with E-state index in [2.05, 4.69) is 22.5 Å². The Morgan fingerprint density at radius 3 is 2.92 bits per heavy atom. The summed E-state index contributed by atoms with van der Waals surface area (Å²) in [6.45, 7) is 3.27. The lowest BCUT2D eigenvalue weighted by Gasteiger charge is -2.51. The van der Waals surface area contributed by atoms with Gasteiger partial charge in [0.05, 0.1) is 13.1 Å². The van der Waals surface area contributed by atoms with E-state index in [0.717, 1.165) is 57.7 Å². The molecule has 1 atom stereocenters. The van der Waals surface area contributed by atoms with Gasteiger partial charge < -0.3 is 15.0 Å². The highest BCUT2D eigenvalue weighted by atomic mass is 16.5. The lowest BCUT2D eigenvalue weighted by Crippen LogP contribution is -2.66. The fourth-order valence-corrected chi connectivity index (χ4v) is 4.22. The molecule has 1 aliphatic carbocycles. The Hall–Kier alpha value is -1.88. The average molecular weight is 327 g/mol. The summed E-state index contributed by atoms with van der Waals surface area (Å²) in [6.07, 6.45) is 10.0. The number of likely N-dealkylation sites (tertiary alicyclic amines) is 1. The second-order valence-corrected chi connectivity index (χ2v) is 7.16. The molecule has 1 N–H and O–H groups in total. The van der Waals surface area contributed by atoms with Crippen LogP contribution < -0.4 is 5.32 Å². The minimum Gasteiger partial charge on any atom is -0.371 e. The van der Waals surface area contributed by atoms with Crippen LogP contribution in [0.5, 0.6) is 0 Å². The molecule has 0 aromatic carbocycles. The van der Waals surface area contributed by atoms with E-state index in [1.54, 1.807) is 6.20 Å². The summed E-state index contributed by atoms with van der Waals surface area (Å²) in [4.78, 5) is 18.8. The molecule has 1 amide bonds. The first-order valence-electron chi connectivity index (χ1n) is 8.99. The van der Waals surface area contributed by atoms with Gasteiger partial charge in [-0.3, -0.25) is 4.79 Å². The lowest BCUT2D eigenvalue weighted by molar-refractivity contribution is -0.168. The summed E-state index contributed by atoms with van der Waals surface area (Å²) >= 11 is 0. The van der Waals surface area contributed by atoms with Crippen LogP contribution in [0.15, 0.2) is 36.5 Å². The number of carbonyl (C=O) groups is 1. The highest BCUT2D eigenvalue weighted by molar-refractivity contribution is 5.80. The normalized spacial score (nSPS) is 25.2. The van der Waals surface area contributed by atoms with Gasteiger partial charge in [0, 0.05) is 25.3 Å². The fraction of sp³-hybridized carbons (Fsp3) is 0.579. The molecule has 3 heterocycles. The Balaban J connectivity index is 1.27. The van der Waals surface area contributed by atoms with Crippen molar-refractivity contribution in [1.29, 1.82) is 0 Å². The number of ether oxygens (including phenoxy) is 1. The molecule has 0 saturated carbocycles. The second kappa shape index (κ2) is 6.55. The van der Waals surface area contributed by atoms with Crippen molar-refractivity contribution in [1.82, 2.24) is 9.88 Å². The van der Waals surface area contributed by atoms with Crippen LogP contribution in [0.3, 0.4) is 0 Å². The quantitative estimate of drug-likeness (QED) is 0.844. The summed E-state index contributed by atoms with van der Waals surface area (Å²) in [7, 11) is 0. The van der Waals surface area contributed by atoms with Crippen LogP contribution in [-0.4, -0.2) is 47.6 Å². The molecular weight excluding hydrogens is 302 g/mol. The SMILES string of the molecule is O=C(C1CC=CC1)N1CC2(C1)OCCC2CCNc1ccccn1. The number of aromatic nitrogens is 1. The van der Waals surface area contributed by atoms with E-state index < -0.39 is 0 Å². The number of hydrogen-bond acceptors (Lipinski definition) is 4. The number of hydrogen-bond donors (Lipinski definition) is 1. The predicted molar refractivity (Wildman–Crippen MR) is 92.6 cm³/mol. The van der Waals surface area contributed by atoms with Crippen molar-refractivity contribution < 1.29 is 9.53 Å². The maximum absolute atomic E-state index is 12.5. The van der Waals surface area contributed by atoms with E-state index in [1.165, 1.54) is 0 Å². The molecule has 2 aliphatic heterocycles. The first-order chi connectivity index (χ1) is 11.8. The predicted octanol–water partition coefficient (Wildman–Crippen LogP) is 2.47. The summed E-state index contributed by atoms with van der Waals surface area (Å²) < 4.78 is 6.08. The van der Waals surface area contributed by atoms with Gasteiger partial charge in [0.1, 0.15) is 11.4 Å². The van der Waals surface area contributed by atoms with Crippen LogP contribution in [0.25, 0.3) is 0 Å². The Morgan fingerprint density at radius 1 is 1.33 bits per heavy atom. The van der Waals surface area contributed by atoms with Crippen LogP contribution in [-0.2, 0) is 9.53 Å². The summed E-state index contributed by atoms with van der Waals surface area (Å²) in [5.41, 5.74) is -0.0898. The van der Waals surface area contributed by atoms with Crippen molar-refractivity contribution in [3.63, 3.8) is 0 Å². The van der Waals surface area contributed by atoms with Crippen molar-refractivity contribution in [2.75, 3.05) is 31.6 Å². The van der Waals surface area contributed by atoms with E-state index in [-0.39, 0.29) is 11.5 Å². The molecule has 5 heteroatoms. The van der Waals surface area contributed by atoms with Crippen molar-refractivity contribution in [3.8, 4) is 0 Å². The van der Waals surface area contributed by atoms with Gasteiger partial charge in [-0.2, -0.15) is 0 Å². The summed E-state index contributed by atoms with van der Waals surface area (Å²) in [5, 5.41) is 3.38. The minimum atomic E-state index is -0.0898. The third-order valence-corrected chi connectivity index (χ3v) is 5.65. The molecule has 2 fully saturated rings. The molecule has 1 aromatic rings. The van der Waals surface area contributed by atoms with Gasteiger partial charge >= 0.3 is 0 Å². The van der Waals surface area contributed by atoms with Crippen LogP contribution in [0.1, 0.15) is 25.7 Å². The Bertz CT molecular complexity index is 602. The van der Waals surface area contributed by atoms with E-state index in [4.69, 9.17) is 4.74 Å². The number of carbonyl (C=O) groups excluding carboxylic acids is 1. The molecule has 1 unspecified atom stereocenters. The van der Waals surface area contributed by atoms with Gasteiger partial charge in [-0.1, -0.05) is 18.2 Å². The number of anilines is 1. The molecule has 5 nitrogen and oxygen atoms in total. The van der Waals surface area contributed by atoms with E-state index in [0.29, 0.717) is 11.8 Å². The van der Waals surface area contributed by atoms with E-state index >= 15 is 0 Å². The van der Waals surface area contributed by atoms with Crippen molar-refractivity contribution >= 4 is 11.7 Å². The zero-order valence-electron chi connectivity index (χ0n) is 14.0. The minimum absolute atomic E-state index is 0.0898. The largest absolute Gasteiger partial charge is 0.371 e. The summed E-state index contributed by atoms with van der Waals surface area (Å²) in [6, 6.07) is 5.90. The monoisotopic (exact) mass is 327 g/mol. The number of nitrogens with zero attached hydrogens (tertiary/aromatic N) is 2. The maximum Gasteiger partial charge on any atom is 0.226 e. The van der Waals surface area contributed by atoms with Crippen LogP contribution in [0.2, 0.25) is 0 Å². The van der Waals surface area contributed by atoms with Gasteiger partial charge in [-0.25, -0.2) is 4.98 Å². The van der Waals surface area contributed by atoms with E-state index in [9.17, 15) is 4.79 Å². The van der Waals surface area contributed by atoms with Crippen molar-refractivity contribution in [2.45, 2.75) is 31.3 Å². The Kier molecular flexibility index (Phi) is 4.27. The van der Waals surface area contributed by atoms with Crippen LogP contribution in [0, 0.1) is 11.8 Å². The second-order valence-electron chi connectivity index (χ2n) is 7.16. The highest BCUT2D eigenvalue weighted by Crippen LogP contribution is 2.42. The zero-order chi connectivity index (χ0) is 16.4. The number of amides is 1. The highest BCUT2D eigenvalue weighted by Gasteiger charge is 2.54. The first-order valence-corrected chi connectivity index (χ1v) is 8.99. The fourth-order valence-electron chi connectivity index (χ4n) is 4.22. The van der Waals surface area contributed by atoms with Gasteiger partial charge in [0.25, 0.3) is 0 Å². The number of rotatable bonds is 5. The molecule has 0 radical (unpaired) electrons. The Labute approximate surface area is 143 Å². The molecule has 1 aromatic heterocycles. The molecule has 4 rings (SSSR count). The maximum atomic E-state index is 12.5. The van der Waals surface area contributed by atoms with Gasteiger partial charge in [0.15, 0.2) is 0 Å². The Morgan fingerprint density at radius 2 is 2.17 bits per heavy atom. The van der Waals surface area contributed by atoms with Crippen LogP contribution >= 0.6 is 0 Å². The topological polar surface area (TPSA) is 54.5 Å². The van der Waals surface area contributed by atoms with Crippen molar-refractivity contribution in [3.05, 3.63) is 36.5 Å². The molecule has 2 saturated heterocycles. The molecule has 1 spiro atoms. The van der Waals surface area contributed by atoms with Gasteiger partial charge in [-0.15, -0.1) is 0 Å². The average Bonchev–Trinajstić information content (AvgIpc) is 3.24. The van der Waals surface area contributed by atoms with Gasteiger partial charge in [-0.05, 0) is 43.7 Å². The third-order valence-electron chi connectivity index (χ3n) is 5.65. The molecular formula is C19H25N3O2. The van der Waals surface area contributed by atoms with Gasteiger partial charge in [0.2, 0.25) is 5.91 Å². The van der Waals surface area contributed by atoms with Crippen molar-refractivity contribution in [2.24, 2.45) is 11.8 Å². The standard InChI is InChI=1S/C19H25N3O2/c23-18(15-5-1-2-6-15)22-13-19(14-22)16(9-12-24-19)8-11-21-17-7-3-4-10-20-17/h1-4,7,10,15-16H,5-6,8-9,11-14H2,(H,20,21). The van der Waals surface area contributed by atoms with E-state index in [1.807, 2.05) is 23.1 Å². The smallest absolute Gasteiger partial charge is 0.226 e. The third kappa shape index (κ3) is 2.93. The lowest BCUT2D eigenvalue weighted by atomic mass is 9.78. The summed E-state index contributed by atoms with van der Waals surface area (Å²) in [5.74, 6) is 1.93. The zero-order valence-corrected chi connectivity index (χ0v) is 14.0.